The maximum atomic E-state index is 12.7. The molecular formula is C20H30N6OS. The number of thiophene rings is 1. The molecule has 0 spiro atoms. The van der Waals surface area contributed by atoms with E-state index < -0.39 is 0 Å². The molecule has 0 aromatic carbocycles. The molecule has 2 unspecified atom stereocenters. The third kappa shape index (κ3) is 4.07. The number of aryl methyl sites for hydroxylation is 1. The Kier molecular flexibility index (Phi) is 5.96. The highest BCUT2D eigenvalue weighted by molar-refractivity contribution is 7.10. The highest BCUT2D eigenvalue weighted by Crippen LogP contribution is 2.28. The molecule has 2 aliphatic heterocycles. The molecule has 2 aromatic heterocycles. The lowest BCUT2D eigenvalue weighted by molar-refractivity contribution is 0.216. The van der Waals surface area contributed by atoms with Crippen molar-refractivity contribution in [3.63, 3.8) is 0 Å². The zero-order chi connectivity index (χ0) is 19.5. The molecule has 0 radical (unpaired) electrons. The second kappa shape index (κ2) is 8.61. The SMILES string of the molecule is CC(C)C(NC(=O)NCC(c1cccs1)N1CCCC1)c1nnc2n1CCC2. The molecule has 1 saturated heterocycles. The van der Waals surface area contributed by atoms with Gasteiger partial charge in [0, 0.05) is 24.4 Å². The van der Waals surface area contributed by atoms with E-state index in [9.17, 15) is 4.79 Å². The van der Waals surface area contributed by atoms with E-state index in [2.05, 4.69) is 61.7 Å². The van der Waals surface area contributed by atoms with Crippen molar-refractivity contribution in [1.82, 2.24) is 30.3 Å². The number of carbonyl (C=O) groups excluding carboxylic acids is 1. The number of rotatable bonds is 7. The van der Waals surface area contributed by atoms with Crippen molar-refractivity contribution in [3.05, 3.63) is 34.0 Å². The van der Waals surface area contributed by atoms with E-state index in [1.54, 1.807) is 11.3 Å². The van der Waals surface area contributed by atoms with Crippen LogP contribution in [0.2, 0.25) is 0 Å². The summed E-state index contributed by atoms with van der Waals surface area (Å²) < 4.78 is 2.17. The van der Waals surface area contributed by atoms with Crippen LogP contribution in [-0.4, -0.2) is 45.3 Å². The molecule has 28 heavy (non-hydrogen) atoms. The molecule has 7 nitrogen and oxygen atoms in total. The summed E-state index contributed by atoms with van der Waals surface area (Å²) in [4.78, 5) is 16.5. The summed E-state index contributed by atoms with van der Waals surface area (Å²) in [7, 11) is 0. The number of hydrogen-bond donors (Lipinski definition) is 2. The van der Waals surface area contributed by atoms with Crippen molar-refractivity contribution in [1.29, 1.82) is 0 Å². The van der Waals surface area contributed by atoms with Crippen LogP contribution in [0.1, 0.15) is 61.7 Å². The van der Waals surface area contributed by atoms with Gasteiger partial charge in [-0.2, -0.15) is 0 Å². The van der Waals surface area contributed by atoms with Crippen LogP contribution in [0.4, 0.5) is 4.79 Å². The smallest absolute Gasteiger partial charge is 0.315 e. The molecule has 2 aliphatic rings. The summed E-state index contributed by atoms with van der Waals surface area (Å²) >= 11 is 1.76. The van der Waals surface area contributed by atoms with Gasteiger partial charge < -0.3 is 15.2 Å². The van der Waals surface area contributed by atoms with Gasteiger partial charge in [-0.15, -0.1) is 21.5 Å². The Balaban J connectivity index is 1.40. The molecular weight excluding hydrogens is 372 g/mol. The lowest BCUT2D eigenvalue weighted by atomic mass is 10.0. The zero-order valence-electron chi connectivity index (χ0n) is 16.7. The molecule has 152 valence electrons. The van der Waals surface area contributed by atoms with Crippen LogP contribution in [0.5, 0.6) is 0 Å². The fourth-order valence-corrected chi connectivity index (χ4v) is 5.12. The first kappa shape index (κ1) is 19.4. The molecule has 0 saturated carbocycles. The summed E-state index contributed by atoms with van der Waals surface area (Å²) in [5.74, 6) is 2.16. The lowest BCUT2D eigenvalue weighted by Crippen LogP contribution is -2.44. The number of likely N-dealkylation sites (tertiary alicyclic amines) is 1. The number of aromatic nitrogens is 3. The van der Waals surface area contributed by atoms with Crippen LogP contribution in [-0.2, 0) is 13.0 Å². The van der Waals surface area contributed by atoms with Crippen molar-refractivity contribution in [2.24, 2.45) is 5.92 Å². The van der Waals surface area contributed by atoms with Crippen molar-refractivity contribution < 1.29 is 4.79 Å². The Bertz CT molecular complexity index is 781. The molecule has 2 N–H and O–H groups in total. The Labute approximate surface area is 170 Å². The Morgan fingerprint density at radius 2 is 2.04 bits per heavy atom. The molecule has 2 atom stereocenters. The summed E-state index contributed by atoms with van der Waals surface area (Å²) in [5.41, 5.74) is 0. The van der Waals surface area contributed by atoms with Gasteiger partial charge in [-0.25, -0.2) is 4.79 Å². The first-order chi connectivity index (χ1) is 13.6. The minimum Gasteiger partial charge on any atom is -0.336 e. The maximum absolute atomic E-state index is 12.7. The average Bonchev–Trinajstić information content (AvgIpc) is 3.45. The van der Waals surface area contributed by atoms with E-state index in [1.165, 1.54) is 17.7 Å². The fraction of sp³-hybridized carbons (Fsp3) is 0.650. The molecule has 4 rings (SSSR count). The zero-order valence-corrected chi connectivity index (χ0v) is 17.5. The molecule has 2 amide bonds. The first-order valence-electron chi connectivity index (χ1n) is 10.4. The Morgan fingerprint density at radius 1 is 1.21 bits per heavy atom. The molecule has 1 fully saturated rings. The van der Waals surface area contributed by atoms with Gasteiger partial charge in [0.15, 0.2) is 5.82 Å². The fourth-order valence-electron chi connectivity index (χ4n) is 4.26. The number of fused-ring (bicyclic) bond motifs is 1. The Hall–Kier alpha value is -1.93. The van der Waals surface area contributed by atoms with Gasteiger partial charge in [0.1, 0.15) is 5.82 Å². The summed E-state index contributed by atoms with van der Waals surface area (Å²) in [6, 6.07) is 4.25. The molecule has 0 bridgehead atoms. The van der Waals surface area contributed by atoms with E-state index in [-0.39, 0.29) is 24.0 Å². The van der Waals surface area contributed by atoms with Crippen LogP contribution in [0.15, 0.2) is 17.5 Å². The lowest BCUT2D eigenvalue weighted by Gasteiger charge is -2.28. The first-order valence-corrected chi connectivity index (χ1v) is 11.2. The maximum Gasteiger partial charge on any atom is 0.315 e. The monoisotopic (exact) mass is 402 g/mol. The molecule has 0 aliphatic carbocycles. The highest BCUT2D eigenvalue weighted by atomic mass is 32.1. The van der Waals surface area contributed by atoms with Gasteiger partial charge in [-0.3, -0.25) is 4.90 Å². The summed E-state index contributed by atoms with van der Waals surface area (Å²) in [6.07, 6.45) is 4.55. The highest BCUT2D eigenvalue weighted by Gasteiger charge is 2.29. The van der Waals surface area contributed by atoms with Gasteiger partial charge in [0.25, 0.3) is 0 Å². The van der Waals surface area contributed by atoms with E-state index in [0.29, 0.717) is 6.54 Å². The number of hydrogen-bond acceptors (Lipinski definition) is 5. The number of carbonyl (C=O) groups is 1. The second-order valence-corrected chi connectivity index (χ2v) is 9.06. The summed E-state index contributed by atoms with van der Waals surface area (Å²) in [6.45, 7) is 7.99. The van der Waals surface area contributed by atoms with Gasteiger partial charge in [0.05, 0.1) is 12.1 Å². The summed E-state index contributed by atoms with van der Waals surface area (Å²) in [5, 5.41) is 17.1. The molecule has 8 heteroatoms. The van der Waals surface area contributed by atoms with Crippen molar-refractivity contribution in [2.45, 2.75) is 58.2 Å². The Morgan fingerprint density at radius 3 is 2.75 bits per heavy atom. The van der Waals surface area contributed by atoms with Crippen LogP contribution < -0.4 is 10.6 Å². The van der Waals surface area contributed by atoms with E-state index in [4.69, 9.17) is 0 Å². The number of amides is 2. The quantitative estimate of drug-likeness (QED) is 0.746. The predicted molar refractivity (Wildman–Crippen MR) is 110 cm³/mol. The largest absolute Gasteiger partial charge is 0.336 e. The minimum absolute atomic E-state index is 0.130. The van der Waals surface area contributed by atoms with Crippen LogP contribution in [0, 0.1) is 5.92 Å². The van der Waals surface area contributed by atoms with Crippen molar-refractivity contribution in [3.8, 4) is 0 Å². The molecule has 4 heterocycles. The third-order valence-corrected chi connectivity index (χ3v) is 6.75. The van der Waals surface area contributed by atoms with Crippen LogP contribution >= 0.6 is 11.3 Å². The minimum atomic E-state index is -0.133. The van der Waals surface area contributed by atoms with E-state index >= 15 is 0 Å². The average molecular weight is 403 g/mol. The predicted octanol–water partition coefficient (Wildman–Crippen LogP) is 3.12. The van der Waals surface area contributed by atoms with Gasteiger partial charge in [-0.05, 0) is 49.7 Å². The number of urea groups is 1. The third-order valence-electron chi connectivity index (χ3n) is 5.78. The van der Waals surface area contributed by atoms with Gasteiger partial charge >= 0.3 is 6.03 Å². The van der Waals surface area contributed by atoms with Gasteiger partial charge in [-0.1, -0.05) is 19.9 Å². The second-order valence-electron chi connectivity index (χ2n) is 8.08. The van der Waals surface area contributed by atoms with Crippen molar-refractivity contribution >= 4 is 17.4 Å². The van der Waals surface area contributed by atoms with E-state index in [1.807, 2.05) is 0 Å². The standard InChI is InChI=1S/C20H30N6OS/c1-14(2)18(19-24-23-17-8-5-11-26(17)19)22-20(27)21-13-15(16-7-6-12-28-16)25-9-3-4-10-25/h6-7,12,14-15,18H,3-5,8-11,13H2,1-2H3,(H2,21,22,27). The van der Waals surface area contributed by atoms with Crippen LogP contribution in [0.25, 0.3) is 0 Å². The van der Waals surface area contributed by atoms with Crippen molar-refractivity contribution in [2.75, 3.05) is 19.6 Å². The molecule has 2 aromatic rings. The number of nitrogens with one attached hydrogen (secondary N) is 2. The van der Waals surface area contributed by atoms with Gasteiger partial charge in [0.2, 0.25) is 0 Å². The number of nitrogens with zero attached hydrogens (tertiary/aromatic N) is 4. The normalized spacial score (nSPS) is 19.0. The van der Waals surface area contributed by atoms with E-state index in [0.717, 1.165) is 44.1 Å². The topological polar surface area (TPSA) is 75.1 Å². The van der Waals surface area contributed by atoms with Crippen LogP contribution in [0.3, 0.4) is 0 Å².